The Hall–Kier alpha value is -3.20. The predicted octanol–water partition coefficient (Wildman–Crippen LogP) is 2.74. The predicted molar refractivity (Wildman–Crippen MR) is 103 cm³/mol. The highest BCUT2D eigenvalue weighted by molar-refractivity contribution is 6.00. The van der Waals surface area contributed by atoms with Crippen molar-refractivity contribution in [2.24, 2.45) is 0 Å². The molecule has 0 radical (unpaired) electrons. The van der Waals surface area contributed by atoms with E-state index in [1.807, 2.05) is 18.4 Å². The van der Waals surface area contributed by atoms with Crippen molar-refractivity contribution >= 4 is 23.1 Å². The second-order valence-corrected chi connectivity index (χ2v) is 6.17. The molecule has 0 saturated carbocycles. The third-order valence-electron chi connectivity index (χ3n) is 4.43. The number of nitro benzene ring substituents is 1. The van der Waals surface area contributed by atoms with Gasteiger partial charge in [0.05, 0.1) is 17.1 Å². The molecule has 150 valence electrons. The molecule has 2 rings (SSSR count). The summed E-state index contributed by atoms with van der Waals surface area (Å²) >= 11 is 0. The lowest BCUT2D eigenvalue weighted by molar-refractivity contribution is -0.384. The Morgan fingerprint density at radius 3 is 2.57 bits per heavy atom. The van der Waals surface area contributed by atoms with Crippen molar-refractivity contribution in [2.45, 2.75) is 20.4 Å². The lowest BCUT2D eigenvalue weighted by atomic mass is 10.1. The number of esters is 1. The van der Waals surface area contributed by atoms with Crippen LogP contribution in [0.4, 0.5) is 11.4 Å². The van der Waals surface area contributed by atoms with Crippen LogP contribution in [0.5, 0.6) is 0 Å². The third kappa shape index (κ3) is 4.55. The van der Waals surface area contributed by atoms with Crippen LogP contribution in [0.1, 0.15) is 32.1 Å². The number of nitro groups is 1. The van der Waals surface area contributed by atoms with Gasteiger partial charge in [-0.25, -0.2) is 4.79 Å². The van der Waals surface area contributed by atoms with E-state index in [4.69, 9.17) is 9.47 Å². The highest BCUT2D eigenvalue weighted by atomic mass is 16.6. The minimum absolute atomic E-state index is 0.00377. The van der Waals surface area contributed by atoms with E-state index >= 15 is 0 Å². The summed E-state index contributed by atoms with van der Waals surface area (Å²) in [6.45, 7) is 4.38. The Balaban J connectivity index is 2.10. The average Bonchev–Trinajstić information content (AvgIpc) is 2.97. The van der Waals surface area contributed by atoms with E-state index in [2.05, 4.69) is 5.32 Å². The van der Waals surface area contributed by atoms with Gasteiger partial charge < -0.3 is 19.4 Å². The van der Waals surface area contributed by atoms with Crippen LogP contribution >= 0.6 is 0 Å². The molecule has 0 fully saturated rings. The van der Waals surface area contributed by atoms with Gasteiger partial charge in [-0.1, -0.05) is 0 Å². The van der Waals surface area contributed by atoms with Gasteiger partial charge in [0.2, 0.25) is 5.78 Å². The maximum Gasteiger partial charge on any atom is 0.338 e. The summed E-state index contributed by atoms with van der Waals surface area (Å²) in [6, 6.07) is 5.69. The van der Waals surface area contributed by atoms with Crippen molar-refractivity contribution < 1.29 is 24.0 Å². The average molecular weight is 389 g/mol. The van der Waals surface area contributed by atoms with E-state index in [0.29, 0.717) is 18.7 Å². The fraction of sp³-hybridized carbons (Fsp3) is 0.368. The number of anilines is 1. The van der Waals surface area contributed by atoms with Gasteiger partial charge in [0, 0.05) is 43.7 Å². The molecule has 1 aromatic carbocycles. The number of benzene rings is 1. The molecule has 0 saturated heterocycles. The van der Waals surface area contributed by atoms with E-state index in [0.717, 1.165) is 17.5 Å². The van der Waals surface area contributed by atoms with Crippen LogP contribution in [0, 0.1) is 24.0 Å². The maximum absolute atomic E-state index is 12.5. The van der Waals surface area contributed by atoms with E-state index < -0.39 is 17.5 Å². The molecule has 1 N–H and O–H groups in total. The molecule has 0 atom stereocenters. The summed E-state index contributed by atoms with van der Waals surface area (Å²) in [5, 5.41) is 13.8. The summed E-state index contributed by atoms with van der Waals surface area (Å²) < 4.78 is 12.1. The molecule has 0 aliphatic heterocycles. The number of nitrogens with zero attached hydrogens (tertiary/aromatic N) is 2. The van der Waals surface area contributed by atoms with Crippen LogP contribution in [0.3, 0.4) is 0 Å². The van der Waals surface area contributed by atoms with Gasteiger partial charge in [-0.15, -0.1) is 0 Å². The van der Waals surface area contributed by atoms with Gasteiger partial charge in [-0.3, -0.25) is 14.9 Å². The molecule has 28 heavy (non-hydrogen) atoms. The fourth-order valence-corrected chi connectivity index (χ4v) is 2.92. The Kier molecular flexibility index (Phi) is 6.89. The Morgan fingerprint density at radius 1 is 1.25 bits per heavy atom. The summed E-state index contributed by atoms with van der Waals surface area (Å²) in [7, 11) is 3.15. The summed E-state index contributed by atoms with van der Waals surface area (Å²) in [5.41, 5.74) is 2.18. The monoisotopic (exact) mass is 389 g/mol. The number of carbonyl (C=O) groups is 2. The number of hydrogen-bond donors (Lipinski definition) is 1. The van der Waals surface area contributed by atoms with Gasteiger partial charge in [-0.05, 0) is 32.0 Å². The molecular weight excluding hydrogens is 366 g/mol. The van der Waals surface area contributed by atoms with E-state index in [1.54, 1.807) is 20.2 Å². The molecule has 9 heteroatoms. The number of methoxy groups -OCH3 is 1. The second-order valence-electron chi connectivity index (χ2n) is 6.17. The highest BCUT2D eigenvalue weighted by Gasteiger charge is 2.20. The summed E-state index contributed by atoms with van der Waals surface area (Å²) in [5.74, 6) is -1.14. The van der Waals surface area contributed by atoms with Crippen molar-refractivity contribution in [3.05, 3.63) is 56.9 Å². The number of carbonyl (C=O) groups excluding carboxylic acids is 2. The molecule has 0 aliphatic carbocycles. The van der Waals surface area contributed by atoms with Crippen LogP contribution in [-0.4, -0.2) is 48.6 Å². The van der Waals surface area contributed by atoms with Crippen LogP contribution in [-0.2, 0) is 16.0 Å². The van der Waals surface area contributed by atoms with Crippen LogP contribution in [0.2, 0.25) is 0 Å². The summed E-state index contributed by atoms with van der Waals surface area (Å²) in [4.78, 5) is 35.2. The molecule has 2 aromatic rings. The molecule has 9 nitrogen and oxygen atoms in total. The largest absolute Gasteiger partial charge is 0.454 e. The standard InChI is InChI=1S/C19H23N3O6/c1-12-9-15(13(2)21(12)7-8-27-4)18(23)11-28-19(24)14-5-6-16(20-3)17(10-14)22(25)26/h5-6,9-10,20H,7-8,11H2,1-4H3. The zero-order valence-corrected chi connectivity index (χ0v) is 16.3. The lowest BCUT2D eigenvalue weighted by Crippen LogP contribution is -2.15. The maximum atomic E-state index is 12.5. The first-order chi connectivity index (χ1) is 13.3. The van der Waals surface area contributed by atoms with Crippen molar-refractivity contribution in [1.82, 2.24) is 4.57 Å². The molecule has 0 unspecified atom stereocenters. The first-order valence-electron chi connectivity index (χ1n) is 8.62. The first-order valence-corrected chi connectivity index (χ1v) is 8.62. The molecule has 0 bridgehead atoms. The van der Waals surface area contributed by atoms with E-state index in [1.165, 1.54) is 12.1 Å². The van der Waals surface area contributed by atoms with E-state index in [-0.39, 0.29) is 22.7 Å². The van der Waals surface area contributed by atoms with Gasteiger partial charge >= 0.3 is 5.97 Å². The first kappa shape index (κ1) is 21.1. The molecule has 1 heterocycles. The quantitative estimate of drug-likeness (QED) is 0.304. The van der Waals surface area contributed by atoms with Crippen LogP contribution in [0.15, 0.2) is 24.3 Å². The molecule has 0 amide bonds. The second kappa shape index (κ2) is 9.14. The minimum Gasteiger partial charge on any atom is -0.454 e. The van der Waals surface area contributed by atoms with Gasteiger partial charge in [-0.2, -0.15) is 0 Å². The molecular formula is C19H23N3O6. The summed E-state index contributed by atoms with van der Waals surface area (Å²) in [6.07, 6.45) is 0. The number of ether oxygens (including phenoxy) is 2. The Morgan fingerprint density at radius 2 is 1.96 bits per heavy atom. The zero-order valence-electron chi connectivity index (χ0n) is 16.3. The van der Waals surface area contributed by atoms with Crippen molar-refractivity contribution in [1.29, 1.82) is 0 Å². The van der Waals surface area contributed by atoms with Gasteiger partial charge in [0.15, 0.2) is 6.61 Å². The van der Waals surface area contributed by atoms with Crippen LogP contribution in [0.25, 0.3) is 0 Å². The molecule has 0 spiro atoms. The number of nitrogens with one attached hydrogen (secondary N) is 1. The number of aryl methyl sites for hydroxylation is 1. The number of hydrogen-bond acceptors (Lipinski definition) is 7. The smallest absolute Gasteiger partial charge is 0.338 e. The number of rotatable bonds is 9. The van der Waals surface area contributed by atoms with Crippen molar-refractivity contribution in [3.63, 3.8) is 0 Å². The minimum atomic E-state index is -0.799. The Labute approximate surface area is 162 Å². The molecule has 1 aromatic heterocycles. The Bertz CT molecular complexity index is 903. The number of aromatic nitrogens is 1. The normalized spacial score (nSPS) is 10.6. The van der Waals surface area contributed by atoms with Crippen molar-refractivity contribution in [2.75, 3.05) is 32.7 Å². The topological polar surface area (TPSA) is 113 Å². The van der Waals surface area contributed by atoms with Crippen LogP contribution < -0.4 is 5.32 Å². The fourth-order valence-electron chi connectivity index (χ4n) is 2.92. The van der Waals surface area contributed by atoms with Crippen molar-refractivity contribution in [3.8, 4) is 0 Å². The SMILES string of the molecule is CNc1ccc(C(=O)OCC(=O)c2cc(C)n(CCOC)c2C)cc1[N+](=O)[O-]. The zero-order chi connectivity index (χ0) is 20.8. The third-order valence-corrected chi connectivity index (χ3v) is 4.43. The number of Topliss-reactive ketones (excluding diaryl/α,β-unsaturated/α-hetero) is 1. The van der Waals surface area contributed by atoms with Gasteiger partial charge in [0.1, 0.15) is 5.69 Å². The molecule has 0 aliphatic rings. The highest BCUT2D eigenvalue weighted by Crippen LogP contribution is 2.25. The number of ketones is 1. The lowest BCUT2D eigenvalue weighted by Gasteiger charge is -2.09. The van der Waals surface area contributed by atoms with Gasteiger partial charge in [0.25, 0.3) is 5.69 Å². The van der Waals surface area contributed by atoms with E-state index in [9.17, 15) is 19.7 Å².